The first-order chi connectivity index (χ1) is 31.9. The number of halogens is 2. The number of ether oxygens (including phenoxy) is 2. The van der Waals surface area contributed by atoms with Gasteiger partial charge in [-0.3, -0.25) is 38.5 Å². The predicted molar refractivity (Wildman–Crippen MR) is 237 cm³/mol. The minimum atomic E-state index is -2.33. The van der Waals surface area contributed by atoms with E-state index < -0.39 is 101 Å². The number of rotatable bonds is 16. The summed E-state index contributed by atoms with van der Waals surface area (Å²) < 4.78 is 46.4. The molecule has 2 aromatic rings. The molecular formula is C50H56F2N4O11. The van der Waals surface area contributed by atoms with E-state index in [1.54, 1.807) is 30.3 Å². The Kier molecular flexibility index (Phi) is 13.3. The Balaban J connectivity index is 0.833. The molecule has 4 aliphatic carbocycles. The molecule has 4 fully saturated rings. The Bertz CT molecular complexity index is 2420. The third-order valence-corrected chi connectivity index (χ3v) is 14.9. The monoisotopic (exact) mass is 926 g/mol. The van der Waals surface area contributed by atoms with Crippen LogP contribution in [0.25, 0.3) is 0 Å². The fourth-order valence-corrected chi connectivity index (χ4v) is 11.4. The van der Waals surface area contributed by atoms with E-state index in [1.807, 2.05) is 18.2 Å². The van der Waals surface area contributed by atoms with Crippen molar-refractivity contribution in [1.29, 1.82) is 0 Å². The number of benzene rings is 2. The second kappa shape index (κ2) is 18.7. The normalized spacial score (nSPS) is 32.4. The van der Waals surface area contributed by atoms with Gasteiger partial charge in [-0.05, 0) is 106 Å². The number of amides is 5. The summed E-state index contributed by atoms with van der Waals surface area (Å²) in [5.74, 6) is -5.56. The Morgan fingerprint density at radius 2 is 1.60 bits per heavy atom. The second-order valence-corrected chi connectivity index (χ2v) is 18.9. The minimum absolute atomic E-state index is 0.00426. The molecular weight excluding hydrogens is 871 g/mol. The van der Waals surface area contributed by atoms with Crippen LogP contribution in [0.3, 0.4) is 0 Å². The van der Waals surface area contributed by atoms with Crippen molar-refractivity contribution in [2.45, 2.75) is 120 Å². The number of hydrogen-bond acceptors (Lipinski definition) is 11. The van der Waals surface area contributed by atoms with Gasteiger partial charge in [0.1, 0.15) is 24.9 Å². The summed E-state index contributed by atoms with van der Waals surface area (Å²) in [5.41, 5.74) is -2.76. The number of aliphatic hydroxyl groups excluding tert-OH is 2. The third kappa shape index (κ3) is 8.70. The SMILES string of the molecule is C[C@H](NC(=O)CCCCCN1C(=O)C=CC1=O)C(=O)N[C@@H](C)C(=O)Nc1cccc(Cc2ccc([C@@H]3O[C@@H]4CC5C(C[C@H](O)[C@@]6(F)[C@H]5C[C@H](F)C5=CC(=O)C=C[C@@]56C)[C@]4(C(=O)CO)O3)cc2)c1. The summed E-state index contributed by atoms with van der Waals surface area (Å²) in [4.78, 5) is 88.8. The molecule has 2 unspecified atom stereocenters. The molecule has 67 heavy (non-hydrogen) atoms. The fraction of sp³-hybridized carbons (Fsp3) is 0.500. The Labute approximate surface area is 386 Å². The molecule has 0 bridgehead atoms. The van der Waals surface area contributed by atoms with Crippen molar-refractivity contribution in [3.05, 3.63) is 101 Å². The molecule has 2 aliphatic heterocycles. The Hall–Kier alpha value is -5.75. The summed E-state index contributed by atoms with van der Waals surface area (Å²) >= 11 is 0. The molecule has 0 aromatic heterocycles. The molecule has 2 heterocycles. The standard InChI is InChI=1S/C50H56F2N4O11/c1-27(53-42(61)10-5-4-6-19-56-43(62)15-16-44(56)63)45(64)54-28(2)46(65)55-32-9-7-8-30(21-32)20-29-11-13-31(14-12-29)47-66-41-23-34-35(49(41,67-47)40(60)26-57)25-39(59)50(52)36(34)24-38(51)37-22-33(58)17-18-48(37,50)3/h7-9,11-18,21-22,27-28,34-36,38-39,41,47,57,59H,4-6,10,19-20,23-26H2,1-3H3,(H,53,61)(H,54,64)(H,55,65)/t27-,28-,34?,35?,36-,38-,39-,41+,47+,48-,49+,50-/m0/s1. The van der Waals surface area contributed by atoms with E-state index in [1.165, 1.54) is 45.1 Å². The van der Waals surface area contributed by atoms with Crippen molar-refractivity contribution in [2.24, 2.45) is 23.2 Å². The third-order valence-electron chi connectivity index (χ3n) is 14.9. The van der Waals surface area contributed by atoms with Crippen molar-refractivity contribution in [2.75, 3.05) is 18.5 Å². The van der Waals surface area contributed by atoms with Gasteiger partial charge in [-0.25, -0.2) is 8.78 Å². The van der Waals surface area contributed by atoms with E-state index in [0.29, 0.717) is 36.9 Å². The van der Waals surface area contributed by atoms with Gasteiger partial charge in [0.15, 0.2) is 29.1 Å². The number of carbonyl (C=O) groups is 7. The number of unbranched alkanes of at least 4 members (excludes halogenated alkanes) is 2. The summed E-state index contributed by atoms with van der Waals surface area (Å²) in [6.07, 6.45) is 2.90. The van der Waals surface area contributed by atoms with Crippen molar-refractivity contribution >= 4 is 46.8 Å². The quantitative estimate of drug-likeness (QED) is 0.120. The van der Waals surface area contributed by atoms with Crippen LogP contribution in [0.15, 0.2) is 84.5 Å². The number of hydrogen-bond donors (Lipinski definition) is 5. The van der Waals surface area contributed by atoms with E-state index in [0.717, 1.165) is 22.1 Å². The molecule has 12 atom stereocenters. The van der Waals surface area contributed by atoms with E-state index in [9.17, 15) is 43.8 Å². The number of nitrogens with one attached hydrogen (secondary N) is 3. The van der Waals surface area contributed by atoms with E-state index in [4.69, 9.17) is 9.47 Å². The number of allylic oxidation sites excluding steroid dienone is 4. The molecule has 5 N–H and O–H groups in total. The first kappa shape index (κ1) is 47.7. The molecule has 17 heteroatoms. The van der Waals surface area contributed by atoms with Crippen LogP contribution in [-0.4, -0.2) is 111 Å². The first-order valence-corrected chi connectivity index (χ1v) is 22.9. The molecule has 356 valence electrons. The van der Waals surface area contributed by atoms with Crippen LogP contribution in [0, 0.1) is 23.2 Å². The number of fused-ring (bicyclic) bond motifs is 7. The van der Waals surface area contributed by atoms with Gasteiger partial charge in [0.25, 0.3) is 11.8 Å². The average Bonchev–Trinajstić information content (AvgIpc) is 3.94. The van der Waals surface area contributed by atoms with Crippen LogP contribution in [0.5, 0.6) is 0 Å². The van der Waals surface area contributed by atoms with Gasteiger partial charge in [-0.2, -0.15) is 0 Å². The smallest absolute Gasteiger partial charge is 0.253 e. The van der Waals surface area contributed by atoms with Gasteiger partial charge in [-0.15, -0.1) is 0 Å². The maximum Gasteiger partial charge on any atom is 0.253 e. The average molecular weight is 927 g/mol. The number of imide groups is 1. The highest BCUT2D eigenvalue weighted by Crippen LogP contribution is 2.68. The molecule has 0 spiro atoms. The first-order valence-electron chi connectivity index (χ1n) is 22.9. The number of aliphatic hydroxyl groups is 2. The lowest BCUT2D eigenvalue weighted by atomic mass is 9.47. The van der Waals surface area contributed by atoms with Gasteiger partial charge in [0, 0.05) is 53.6 Å². The number of nitrogens with zero attached hydrogens (tertiary/aromatic N) is 1. The van der Waals surface area contributed by atoms with E-state index >= 15 is 8.78 Å². The number of alkyl halides is 2. The van der Waals surface area contributed by atoms with Crippen LogP contribution < -0.4 is 16.0 Å². The molecule has 5 amide bonds. The van der Waals surface area contributed by atoms with Gasteiger partial charge in [-0.1, -0.05) is 48.9 Å². The fourth-order valence-electron chi connectivity index (χ4n) is 11.4. The van der Waals surface area contributed by atoms with Crippen molar-refractivity contribution in [1.82, 2.24) is 15.5 Å². The number of ketones is 2. The van der Waals surface area contributed by atoms with Crippen molar-refractivity contribution in [3.63, 3.8) is 0 Å². The van der Waals surface area contributed by atoms with Crippen LogP contribution in [0.1, 0.15) is 88.7 Å². The summed E-state index contributed by atoms with van der Waals surface area (Å²) in [5, 5.41) is 29.9. The van der Waals surface area contributed by atoms with Crippen LogP contribution >= 0.6 is 0 Å². The zero-order valence-electron chi connectivity index (χ0n) is 37.5. The zero-order chi connectivity index (χ0) is 48.0. The summed E-state index contributed by atoms with van der Waals surface area (Å²) in [6.45, 7) is 3.95. The molecule has 2 aromatic carbocycles. The zero-order valence-corrected chi connectivity index (χ0v) is 37.5. The number of carbonyl (C=O) groups excluding carboxylic acids is 7. The Morgan fingerprint density at radius 3 is 2.31 bits per heavy atom. The Morgan fingerprint density at radius 1 is 0.881 bits per heavy atom. The minimum Gasteiger partial charge on any atom is -0.390 e. The van der Waals surface area contributed by atoms with Crippen molar-refractivity contribution in [3.8, 4) is 0 Å². The number of Topliss-reactive ketones (excluding diaryl/α,β-unsaturated/α-hetero) is 1. The maximum absolute atomic E-state index is 17.6. The molecule has 8 rings (SSSR count). The highest BCUT2D eigenvalue weighted by molar-refractivity contribution is 6.12. The second-order valence-electron chi connectivity index (χ2n) is 18.9. The summed E-state index contributed by atoms with van der Waals surface area (Å²) in [7, 11) is 0. The van der Waals surface area contributed by atoms with Crippen LogP contribution in [0.2, 0.25) is 0 Å². The molecule has 1 saturated heterocycles. The topological polar surface area (TPSA) is 218 Å². The van der Waals surface area contributed by atoms with Gasteiger partial charge < -0.3 is 35.6 Å². The maximum atomic E-state index is 17.6. The molecule has 0 radical (unpaired) electrons. The van der Waals surface area contributed by atoms with Gasteiger partial charge in [0.2, 0.25) is 17.7 Å². The molecule has 6 aliphatic rings. The lowest BCUT2D eigenvalue weighted by molar-refractivity contribution is -0.208. The predicted octanol–water partition coefficient (Wildman–Crippen LogP) is 3.96. The molecule has 15 nitrogen and oxygen atoms in total. The largest absolute Gasteiger partial charge is 0.390 e. The molecule has 3 saturated carbocycles. The van der Waals surface area contributed by atoms with Crippen LogP contribution in [0.4, 0.5) is 14.5 Å². The highest BCUT2D eigenvalue weighted by Gasteiger charge is 2.76. The van der Waals surface area contributed by atoms with Crippen molar-refractivity contribution < 1.29 is 62.0 Å². The highest BCUT2D eigenvalue weighted by atomic mass is 19.1. The van der Waals surface area contributed by atoms with E-state index in [-0.39, 0.29) is 55.5 Å². The van der Waals surface area contributed by atoms with Gasteiger partial charge >= 0.3 is 0 Å². The van der Waals surface area contributed by atoms with E-state index in [2.05, 4.69) is 16.0 Å². The number of anilines is 1. The lowest BCUT2D eigenvalue weighted by Crippen LogP contribution is -2.68. The lowest BCUT2D eigenvalue weighted by Gasteiger charge is -2.60. The summed E-state index contributed by atoms with van der Waals surface area (Å²) in [6, 6.07) is 12.7. The van der Waals surface area contributed by atoms with Crippen LogP contribution in [-0.2, 0) is 49.5 Å². The van der Waals surface area contributed by atoms with Gasteiger partial charge in [0.05, 0.1) is 12.2 Å².